The summed E-state index contributed by atoms with van der Waals surface area (Å²) in [5.41, 5.74) is 0. The summed E-state index contributed by atoms with van der Waals surface area (Å²) in [5, 5.41) is 0. The largest absolute Gasteiger partial charge is 0.340 e. The van der Waals surface area contributed by atoms with Gasteiger partial charge in [0.1, 0.15) is 0 Å². The van der Waals surface area contributed by atoms with Gasteiger partial charge in [0, 0.05) is 58.0 Å². The van der Waals surface area contributed by atoms with E-state index in [0.29, 0.717) is 31.2 Å². The lowest BCUT2D eigenvalue weighted by molar-refractivity contribution is -0.138. The van der Waals surface area contributed by atoms with Gasteiger partial charge < -0.3 is 4.90 Å². The number of hydrogen-bond acceptors (Lipinski definition) is 4. The summed E-state index contributed by atoms with van der Waals surface area (Å²) in [5.74, 6) is 0.519. The second kappa shape index (κ2) is 5.52. The zero-order chi connectivity index (χ0) is 14.1. The number of amides is 3. The minimum Gasteiger partial charge on any atom is -0.340 e. The summed E-state index contributed by atoms with van der Waals surface area (Å²) in [6.07, 6.45) is 2.83. The number of imide groups is 1. The van der Waals surface area contributed by atoms with Crippen LogP contribution in [0.1, 0.15) is 25.7 Å². The van der Waals surface area contributed by atoms with E-state index in [1.165, 1.54) is 4.90 Å². The average molecular weight is 279 g/mol. The molecule has 0 aromatic carbocycles. The molecule has 20 heavy (non-hydrogen) atoms. The van der Waals surface area contributed by atoms with Crippen LogP contribution in [0.5, 0.6) is 0 Å². The van der Waals surface area contributed by atoms with E-state index >= 15 is 0 Å². The quantitative estimate of drug-likeness (QED) is 0.662. The lowest BCUT2D eigenvalue weighted by Crippen LogP contribution is -2.51. The van der Waals surface area contributed by atoms with Crippen molar-refractivity contribution >= 4 is 17.7 Å². The average Bonchev–Trinajstić information content (AvgIpc) is 3.25. The molecule has 0 atom stereocenters. The SMILES string of the molecule is O=C(C1CC1)N1CCN(CCN2C(=O)CCC2=O)CC1. The summed E-state index contributed by atoms with van der Waals surface area (Å²) >= 11 is 0. The van der Waals surface area contributed by atoms with E-state index < -0.39 is 0 Å². The maximum atomic E-state index is 11.9. The molecule has 2 saturated heterocycles. The van der Waals surface area contributed by atoms with Gasteiger partial charge in [-0.3, -0.25) is 24.2 Å². The standard InChI is InChI=1S/C14H21N3O3/c18-12-3-4-13(19)17(12)10-7-15-5-8-16(9-6-15)14(20)11-1-2-11/h11H,1-10H2. The van der Waals surface area contributed by atoms with Crippen molar-refractivity contribution in [3.05, 3.63) is 0 Å². The molecule has 3 aliphatic rings. The highest BCUT2D eigenvalue weighted by Crippen LogP contribution is 2.31. The van der Waals surface area contributed by atoms with Gasteiger partial charge in [-0.1, -0.05) is 0 Å². The van der Waals surface area contributed by atoms with Crippen LogP contribution < -0.4 is 0 Å². The smallest absolute Gasteiger partial charge is 0.229 e. The van der Waals surface area contributed by atoms with Crippen molar-refractivity contribution in [2.45, 2.75) is 25.7 Å². The molecule has 2 heterocycles. The number of hydrogen-bond donors (Lipinski definition) is 0. The Morgan fingerprint density at radius 2 is 1.55 bits per heavy atom. The third-order valence-electron chi connectivity index (χ3n) is 4.41. The molecule has 0 bridgehead atoms. The van der Waals surface area contributed by atoms with Crippen LogP contribution in [0.2, 0.25) is 0 Å². The molecule has 0 aromatic heterocycles. The monoisotopic (exact) mass is 279 g/mol. The zero-order valence-corrected chi connectivity index (χ0v) is 11.7. The Labute approximate surface area is 118 Å². The highest BCUT2D eigenvalue weighted by Gasteiger charge is 2.35. The van der Waals surface area contributed by atoms with E-state index in [9.17, 15) is 14.4 Å². The molecule has 110 valence electrons. The number of carbonyl (C=O) groups excluding carboxylic acids is 3. The number of rotatable bonds is 4. The van der Waals surface area contributed by atoms with Crippen molar-refractivity contribution < 1.29 is 14.4 Å². The van der Waals surface area contributed by atoms with E-state index in [2.05, 4.69) is 4.90 Å². The minimum absolute atomic E-state index is 0.0439. The van der Waals surface area contributed by atoms with Gasteiger partial charge in [-0.2, -0.15) is 0 Å². The summed E-state index contributed by atoms with van der Waals surface area (Å²) in [7, 11) is 0. The van der Waals surface area contributed by atoms with Gasteiger partial charge in [0.25, 0.3) is 0 Å². The van der Waals surface area contributed by atoms with Crippen molar-refractivity contribution in [2.75, 3.05) is 39.3 Å². The van der Waals surface area contributed by atoms with Crippen molar-refractivity contribution in [1.29, 1.82) is 0 Å². The first-order valence-corrected chi connectivity index (χ1v) is 7.49. The van der Waals surface area contributed by atoms with Crippen molar-refractivity contribution in [3.63, 3.8) is 0 Å². The highest BCUT2D eigenvalue weighted by atomic mass is 16.2. The van der Waals surface area contributed by atoms with Crippen LogP contribution in [0.4, 0.5) is 0 Å². The Morgan fingerprint density at radius 3 is 2.10 bits per heavy atom. The predicted octanol–water partition coefficient (Wildman–Crippen LogP) is -0.310. The van der Waals surface area contributed by atoms with Crippen LogP contribution in [-0.2, 0) is 14.4 Å². The van der Waals surface area contributed by atoms with E-state index in [4.69, 9.17) is 0 Å². The number of likely N-dealkylation sites (tertiary alicyclic amines) is 1. The fourth-order valence-electron chi connectivity index (χ4n) is 2.89. The number of carbonyl (C=O) groups is 3. The molecule has 3 rings (SSSR count). The molecule has 2 aliphatic heterocycles. The maximum absolute atomic E-state index is 11.9. The Balaban J connectivity index is 1.41. The zero-order valence-electron chi connectivity index (χ0n) is 11.7. The minimum atomic E-state index is -0.0439. The van der Waals surface area contributed by atoms with Gasteiger partial charge in [-0.15, -0.1) is 0 Å². The molecule has 1 aliphatic carbocycles. The van der Waals surface area contributed by atoms with Crippen molar-refractivity contribution in [1.82, 2.24) is 14.7 Å². The molecule has 3 fully saturated rings. The summed E-state index contributed by atoms with van der Waals surface area (Å²) in [6, 6.07) is 0. The van der Waals surface area contributed by atoms with Gasteiger partial charge in [0.05, 0.1) is 0 Å². The maximum Gasteiger partial charge on any atom is 0.229 e. The molecule has 0 unspecified atom stereocenters. The summed E-state index contributed by atoms with van der Waals surface area (Å²) in [4.78, 5) is 40.5. The normalized spacial score (nSPS) is 24.6. The molecule has 1 saturated carbocycles. The van der Waals surface area contributed by atoms with Crippen LogP contribution in [0, 0.1) is 5.92 Å². The molecular weight excluding hydrogens is 258 g/mol. The van der Waals surface area contributed by atoms with Gasteiger partial charge in [0.2, 0.25) is 17.7 Å². The van der Waals surface area contributed by atoms with E-state index in [-0.39, 0.29) is 11.8 Å². The Kier molecular flexibility index (Phi) is 3.74. The predicted molar refractivity (Wildman–Crippen MR) is 71.7 cm³/mol. The second-order valence-corrected chi connectivity index (χ2v) is 5.88. The summed E-state index contributed by atoms with van der Waals surface area (Å²) < 4.78 is 0. The first-order valence-electron chi connectivity index (χ1n) is 7.49. The Bertz CT molecular complexity index is 409. The van der Waals surface area contributed by atoms with E-state index in [1.807, 2.05) is 4.90 Å². The first-order chi connectivity index (χ1) is 9.65. The van der Waals surface area contributed by atoms with Gasteiger partial charge in [-0.25, -0.2) is 0 Å². The fourth-order valence-corrected chi connectivity index (χ4v) is 2.89. The molecule has 0 N–H and O–H groups in total. The van der Waals surface area contributed by atoms with Gasteiger partial charge in [-0.05, 0) is 12.8 Å². The van der Waals surface area contributed by atoms with E-state index in [0.717, 1.165) is 45.6 Å². The lowest BCUT2D eigenvalue weighted by Gasteiger charge is -2.35. The Morgan fingerprint density at radius 1 is 0.950 bits per heavy atom. The van der Waals surface area contributed by atoms with Crippen molar-refractivity contribution in [3.8, 4) is 0 Å². The third-order valence-corrected chi connectivity index (χ3v) is 4.41. The van der Waals surface area contributed by atoms with Crippen LogP contribution in [0.25, 0.3) is 0 Å². The van der Waals surface area contributed by atoms with Crippen LogP contribution in [-0.4, -0.2) is 71.7 Å². The van der Waals surface area contributed by atoms with Gasteiger partial charge in [0.15, 0.2) is 0 Å². The number of nitrogens with zero attached hydrogens (tertiary/aromatic N) is 3. The molecule has 3 amide bonds. The fraction of sp³-hybridized carbons (Fsp3) is 0.786. The van der Waals surface area contributed by atoms with Gasteiger partial charge >= 0.3 is 0 Å². The lowest BCUT2D eigenvalue weighted by atomic mass is 10.2. The molecule has 0 spiro atoms. The number of piperazine rings is 1. The first kappa shape index (κ1) is 13.5. The van der Waals surface area contributed by atoms with Crippen LogP contribution >= 0.6 is 0 Å². The highest BCUT2D eigenvalue weighted by molar-refractivity contribution is 6.01. The topological polar surface area (TPSA) is 60.9 Å². The molecule has 0 aromatic rings. The molecule has 0 radical (unpaired) electrons. The van der Waals surface area contributed by atoms with Crippen molar-refractivity contribution in [2.24, 2.45) is 5.92 Å². The Hall–Kier alpha value is -1.43. The molecule has 6 nitrogen and oxygen atoms in total. The second-order valence-electron chi connectivity index (χ2n) is 5.88. The van der Waals surface area contributed by atoms with E-state index in [1.54, 1.807) is 0 Å². The third kappa shape index (κ3) is 2.85. The van der Waals surface area contributed by atoms with Crippen LogP contribution in [0.15, 0.2) is 0 Å². The molecular formula is C14H21N3O3. The van der Waals surface area contributed by atoms with Crippen LogP contribution in [0.3, 0.4) is 0 Å². The molecule has 6 heteroatoms. The summed E-state index contributed by atoms with van der Waals surface area (Å²) in [6.45, 7) is 4.45.